The minimum atomic E-state index is -0.197. The molecule has 0 fully saturated rings. The van der Waals surface area contributed by atoms with Crippen LogP contribution in [-0.2, 0) is 6.42 Å². The summed E-state index contributed by atoms with van der Waals surface area (Å²) in [5.41, 5.74) is 6.64. The van der Waals surface area contributed by atoms with Gasteiger partial charge in [-0.05, 0) is 66.1 Å². The molecule has 0 spiro atoms. The van der Waals surface area contributed by atoms with E-state index in [9.17, 15) is 9.59 Å². The molecule has 2 unspecified atom stereocenters. The number of hydrogen-bond acceptors (Lipinski definition) is 5. The standard InChI is InChI=1S/C37H30N4O2S/c42-36(30-14-5-4-13-29(30)25-10-2-1-3-11-25)39-27-19-17-26(18-20-27)37(43)41-23-21-33-35(31-15-6-7-16-32(31)41)40-34(44-33)24-28-12-8-9-22-38-28/h1-20,22,33,35H,21,23-24H2,(H,39,42). The van der Waals surface area contributed by atoms with E-state index in [2.05, 4.69) is 16.4 Å². The number of para-hydroxylation sites is 1. The fourth-order valence-electron chi connectivity index (χ4n) is 5.91. The van der Waals surface area contributed by atoms with Crippen molar-refractivity contribution in [1.29, 1.82) is 0 Å². The molecule has 2 aliphatic rings. The highest BCUT2D eigenvalue weighted by molar-refractivity contribution is 8.14. The first kappa shape index (κ1) is 27.8. The number of thioether (sulfide) groups is 1. The maximum atomic E-state index is 13.9. The average Bonchev–Trinajstić information content (AvgIpc) is 3.41. The van der Waals surface area contributed by atoms with Gasteiger partial charge in [-0.15, -0.1) is 11.8 Å². The summed E-state index contributed by atoms with van der Waals surface area (Å²) in [4.78, 5) is 38.6. The molecule has 1 aromatic heterocycles. The first-order chi connectivity index (χ1) is 21.6. The van der Waals surface area contributed by atoms with Crippen LogP contribution in [0.3, 0.4) is 0 Å². The molecule has 0 saturated carbocycles. The first-order valence-electron chi connectivity index (χ1n) is 14.7. The van der Waals surface area contributed by atoms with E-state index in [4.69, 9.17) is 4.99 Å². The second-order valence-corrected chi connectivity index (χ2v) is 12.2. The molecule has 6 nitrogen and oxygen atoms in total. The fraction of sp³-hybridized carbons (Fsp3) is 0.135. The van der Waals surface area contributed by atoms with Gasteiger partial charge in [0.15, 0.2) is 0 Å². The third-order valence-corrected chi connectivity index (χ3v) is 9.37. The molecular weight excluding hydrogens is 565 g/mol. The Morgan fingerprint density at radius 3 is 2.39 bits per heavy atom. The molecule has 2 amide bonds. The van der Waals surface area contributed by atoms with Crippen molar-refractivity contribution in [2.24, 2.45) is 4.99 Å². The van der Waals surface area contributed by atoms with Crippen LogP contribution in [-0.4, -0.2) is 33.6 Å². The second-order valence-electron chi connectivity index (χ2n) is 10.9. The smallest absolute Gasteiger partial charge is 0.258 e. The number of aliphatic imine (C=N–C) groups is 1. The van der Waals surface area contributed by atoms with E-state index in [0.29, 0.717) is 23.4 Å². The Morgan fingerprint density at radius 1 is 0.818 bits per heavy atom. The summed E-state index contributed by atoms with van der Waals surface area (Å²) in [6.45, 7) is 0.602. The van der Waals surface area contributed by atoms with E-state index >= 15 is 0 Å². The number of amides is 2. The second kappa shape index (κ2) is 12.3. The summed E-state index contributed by atoms with van der Waals surface area (Å²) in [6.07, 6.45) is 3.38. The Bertz CT molecular complexity index is 1840. The van der Waals surface area contributed by atoms with Crippen LogP contribution >= 0.6 is 11.8 Å². The minimum Gasteiger partial charge on any atom is -0.322 e. The molecule has 0 bridgehead atoms. The zero-order valence-corrected chi connectivity index (χ0v) is 24.8. The van der Waals surface area contributed by atoms with Gasteiger partial charge in [-0.1, -0.05) is 72.8 Å². The number of fused-ring (bicyclic) bond motifs is 3. The quantitative estimate of drug-likeness (QED) is 0.217. The number of benzene rings is 4. The number of hydrogen-bond donors (Lipinski definition) is 1. The van der Waals surface area contributed by atoms with Gasteiger partial charge < -0.3 is 10.2 Å². The molecule has 0 aliphatic carbocycles. The van der Waals surface area contributed by atoms with E-state index < -0.39 is 0 Å². The van der Waals surface area contributed by atoms with Gasteiger partial charge in [0.05, 0.1) is 11.1 Å². The number of aromatic nitrogens is 1. The summed E-state index contributed by atoms with van der Waals surface area (Å²) in [7, 11) is 0. The van der Waals surface area contributed by atoms with Gasteiger partial charge in [0.25, 0.3) is 11.8 Å². The van der Waals surface area contributed by atoms with E-state index in [1.54, 1.807) is 24.3 Å². The Hall–Kier alpha value is -5.01. The Balaban J connectivity index is 1.09. The molecule has 1 N–H and O–H groups in total. The third-order valence-electron chi connectivity index (χ3n) is 8.06. The molecule has 5 aromatic rings. The molecule has 0 saturated heterocycles. The summed E-state index contributed by atoms with van der Waals surface area (Å²) in [5.74, 6) is -0.260. The Kier molecular flexibility index (Phi) is 7.78. The van der Waals surface area contributed by atoms with Crippen molar-refractivity contribution in [1.82, 2.24) is 4.98 Å². The normalized spacial score (nSPS) is 17.2. The molecule has 0 radical (unpaired) electrons. The topological polar surface area (TPSA) is 74.7 Å². The number of carbonyl (C=O) groups is 2. The highest BCUT2D eigenvalue weighted by atomic mass is 32.2. The third kappa shape index (κ3) is 5.66. The fourth-order valence-corrected chi connectivity index (χ4v) is 7.23. The molecule has 3 heterocycles. The highest BCUT2D eigenvalue weighted by Crippen LogP contribution is 2.46. The van der Waals surface area contributed by atoms with E-state index in [1.165, 1.54) is 0 Å². The number of rotatable bonds is 6. The number of nitrogens with zero attached hydrogens (tertiary/aromatic N) is 3. The van der Waals surface area contributed by atoms with Crippen LogP contribution in [0, 0.1) is 0 Å². The van der Waals surface area contributed by atoms with Gasteiger partial charge in [0, 0.05) is 58.2 Å². The lowest BCUT2D eigenvalue weighted by atomic mass is 9.99. The van der Waals surface area contributed by atoms with Gasteiger partial charge >= 0.3 is 0 Å². The van der Waals surface area contributed by atoms with Crippen LogP contribution in [0.2, 0.25) is 0 Å². The largest absolute Gasteiger partial charge is 0.322 e. The maximum Gasteiger partial charge on any atom is 0.258 e. The maximum absolute atomic E-state index is 13.9. The zero-order chi connectivity index (χ0) is 29.9. The van der Waals surface area contributed by atoms with Crippen LogP contribution in [0.4, 0.5) is 11.4 Å². The van der Waals surface area contributed by atoms with Crippen LogP contribution < -0.4 is 10.2 Å². The number of anilines is 2. The lowest BCUT2D eigenvalue weighted by Gasteiger charge is -2.23. The molecular formula is C37H30N4O2S. The summed E-state index contributed by atoms with van der Waals surface area (Å²) in [5, 5.41) is 4.36. The van der Waals surface area contributed by atoms with Gasteiger partial charge in [-0.3, -0.25) is 19.6 Å². The molecule has 2 aliphatic heterocycles. The van der Waals surface area contributed by atoms with Crippen LogP contribution in [0.1, 0.15) is 44.4 Å². The van der Waals surface area contributed by atoms with Crippen molar-refractivity contribution in [3.05, 3.63) is 150 Å². The Morgan fingerprint density at radius 2 is 1.57 bits per heavy atom. The van der Waals surface area contributed by atoms with Crippen molar-refractivity contribution in [2.45, 2.75) is 24.1 Å². The van der Waals surface area contributed by atoms with Crippen molar-refractivity contribution < 1.29 is 9.59 Å². The first-order valence-corrected chi connectivity index (χ1v) is 15.6. The highest BCUT2D eigenvalue weighted by Gasteiger charge is 2.37. The van der Waals surface area contributed by atoms with Crippen molar-refractivity contribution in [3.63, 3.8) is 0 Å². The van der Waals surface area contributed by atoms with Gasteiger partial charge in [-0.2, -0.15) is 0 Å². The van der Waals surface area contributed by atoms with Crippen molar-refractivity contribution in [3.8, 4) is 11.1 Å². The molecule has 7 rings (SSSR count). The SMILES string of the molecule is O=C(Nc1ccc(C(=O)N2CCC3SC(Cc4ccccn4)=NC3c3ccccc32)cc1)c1ccccc1-c1ccccc1. The summed E-state index contributed by atoms with van der Waals surface area (Å²) in [6, 6.07) is 38.7. The van der Waals surface area contributed by atoms with Gasteiger partial charge in [0.1, 0.15) is 0 Å². The predicted molar refractivity (Wildman–Crippen MR) is 179 cm³/mol. The molecule has 44 heavy (non-hydrogen) atoms. The number of nitrogens with one attached hydrogen (secondary N) is 1. The molecule has 7 heteroatoms. The van der Waals surface area contributed by atoms with E-state index in [0.717, 1.165) is 46.0 Å². The monoisotopic (exact) mass is 594 g/mol. The van der Waals surface area contributed by atoms with Crippen LogP contribution in [0.5, 0.6) is 0 Å². The number of carbonyl (C=O) groups excluding carboxylic acids is 2. The minimum absolute atomic E-state index is 0.00376. The Labute approximate surface area is 260 Å². The van der Waals surface area contributed by atoms with Crippen molar-refractivity contribution >= 4 is 40.0 Å². The average molecular weight is 595 g/mol. The summed E-state index contributed by atoms with van der Waals surface area (Å²) >= 11 is 1.81. The van der Waals surface area contributed by atoms with Gasteiger partial charge in [-0.25, -0.2) is 0 Å². The lowest BCUT2D eigenvalue weighted by Crippen LogP contribution is -2.32. The van der Waals surface area contributed by atoms with E-state index in [-0.39, 0.29) is 23.1 Å². The van der Waals surface area contributed by atoms with Crippen LogP contribution in [0.25, 0.3) is 11.1 Å². The van der Waals surface area contributed by atoms with E-state index in [1.807, 2.05) is 114 Å². The lowest BCUT2D eigenvalue weighted by molar-refractivity contribution is 0.0986. The molecule has 2 atom stereocenters. The van der Waals surface area contributed by atoms with Crippen molar-refractivity contribution in [2.75, 3.05) is 16.8 Å². The zero-order valence-electron chi connectivity index (χ0n) is 24.0. The summed E-state index contributed by atoms with van der Waals surface area (Å²) < 4.78 is 0. The van der Waals surface area contributed by atoms with Crippen LogP contribution in [0.15, 0.2) is 133 Å². The molecule has 4 aromatic carbocycles. The van der Waals surface area contributed by atoms with Gasteiger partial charge in [0.2, 0.25) is 0 Å². The molecule has 216 valence electrons. The number of pyridine rings is 1. The predicted octanol–water partition coefficient (Wildman–Crippen LogP) is 7.85.